The fourth-order valence-corrected chi connectivity index (χ4v) is 1.03. The molecule has 2 N–H and O–H groups in total. The zero-order valence-electron chi connectivity index (χ0n) is 8.70. The van der Waals surface area contributed by atoms with Crippen molar-refractivity contribution in [2.24, 2.45) is 0 Å². The Bertz CT molecular complexity index is 288. The number of rotatable bonds is 1. The number of nitrogens with two attached hydrogens (primary N) is 1. The minimum Gasteiger partial charge on any atom is -0.384 e. The van der Waals surface area contributed by atoms with E-state index >= 15 is 0 Å². The molecule has 0 saturated carbocycles. The van der Waals surface area contributed by atoms with Crippen LogP contribution in [0.3, 0.4) is 0 Å². The molecule has 0 radical (unpaired) electrons. The lowest BCUT2D eigenvalue weighted by atomic mass is 10.1. The average Bonchev–Trinajstić information content (AvgIpc) is 2.01. The minimum atomic E-state index is 0.105. The predicted octanol–water partition coefficient (Wildman–Crippen LogP) is 1.90. The van der Waals surface area contributed by atoms with E-state index in [2.05, 4.69) is 37.7 Å². The first-order chi connectivity index (χ1) is 5.91. The topological polar surface area (TPSA) is 42.2 Å². The molecule has 1 aromatic heterocycles. The molecule has 0 spiro atoms. The third kappa shape index (κ3) is 2.34. The molecule has 0 unspecified atom stereocenters. The lowest BCUT2D eigenvalue weighted by Crippen LogP contribution is -2.38. The van der Waals surface area contributed by atoms with Crippen molar-refractivity contribution in [3.8, 4) is 0 Å². The van der Waals surface area contributed by atoms with E-state index in [9.17, 15) is 0 Å². The van der Waals surface area contributed by atoms with Gasteiger partial charge in [0.25, 0.3) is 0 Å². The first-order valence-electron chi connectivity index (χ1n) is 4.36. The number of aromatic nitrogens is 1. The van der Waals surface area contributed by atoms with Crippen LogP contribution in [-0.2, 0) is 0 Å². The average molecular weight is 179 g/mol. The number of hydrogen-bond acceptors (Lipinski definition) is 3. The van der Waals surface area contributed by atoms with Crippen molar-refractivity contribution in [3.63, 3.8) is 0 Å². The fraction of sp³-hybridized carbons (Fsp3) is 0.500. The summed E-state index contributed by atoms with van der Waals surface area (Å²) < 4.78 is 0. The van der Waals surface area contributed by atoms with Gasteiger partial charge in [0.05, 0.1) is 0 Å². The van der Waals surface area contributed by atoms with Crippen molar-refractivity contribution in [2.75, 3.05) is 17.7 Å². The van der Waals surface area contributed by atoms with E-state index in [4.69, 9.17) is 5.73 Å². The van der Waals surface area contributed by atoms with Crippen LogP contribution in [-0.4, -0.2) is 17.6 Å². The molecule has 0 atom stereocenters. The summed E-state index contributed by atoms with van der Waals surface area (Å²) in [6.45, 7) is 6.47. The van der Waals surface area contributed by atoms with E-state index < -0.39 is 0 Å². The molecule has 0 amide bonds. The highest BCUT2D eigenvalue weighted by Gasteiger charge is 2.17. The Balaban J connectivity index is 2.96. The summed E-state index contributed by atoms with van der Waals surface area (Å²) in [4.78, 5) is 6.13. The molecule has 3 heteroatoms. The van der Waals surface area contributed by atoms with Crippen LogP contribution in [0.2, 0.25) is 0 Å². The highest BCUT2D eigenvalue weighted by Crippen LogP contribution is 2.21. The molecule has 1 aromatic rings. The molecule has 1 heterocycles. The first kappa shape index (κ1) is 9.84. The summed E-state index contributed by atoms with van der Waals surface area (Å²) in [5.41, 5.74) is 6.80. The van der Waals surface area contributed by atoms with Crippen LogP contribution in [0.15, 0.2) is 18.3 Å². The maximum Gasteiger partial charge on any atom is 0.125 e. The second-order valence-electron chi connectivity index (χ2n) is 4.17. The van der Waals surface area contributed by atoms with E-state index in [1.807, 2.05) is 12.1 Å². The molecule has 0 aliphatic rings. The summed E-state index contributed by atoms with van der Waals surface area (Å²) in [6, 6.07) is 3.84. The van der Waals surface area contributed by atoms with Gasteiger partial charge in [-0.25, -0.2) is 4.98 Å². The molecular formula is C10H17N3. The molecule has 0 saturated heterocycles. The van der Waals surface area contributed by atoms with Crippen molar-refractivity contribution < 1.29 is 0 Å². The first-order valence-corrected chi connectivity index (χ1v) is 4.36. The quantitative estimate of drug-likeness (QED) is 0.716. The van der Waals surface area contributed by atoms with E-state index in [0.29, 0.717) is 5.82 Å². The van der Waals surface area contributed by atoms with E-state index in [1.165, 1.54) is 0 Å². The SMILES string of the molecule is CN(c1ccnc(N)c1)C(C)(C)C. The number of anilines is 2. The smallest absolute Gasteiger partial charge is 0.125 e. The molecule has 0 fully saturated rings. The van der Waals surface area contributed by atoms with Crippen LogP contribution in [0.4, 0.5) is 11.5 Å². The van der Waals surface area contributed by atoms with Gasteiger partial charge in [-0.05, 0) is 26.8 Å². The summed E-state index contributed by atoms with van der Waals surface area (Å²) in [5.74, 6) is 0.564. The van der Waals surface area contributed by atoms with Crippen LogP contribution < -0.4 is 10.6 Å². The maximum atomic E-state index is 5.60. The van der Waals surface area contributed by atoms with Crippen LogP contribution in [0.5, 0.6) is 0 Å². The molecule has 0 aliphatic heterocycles. The molecule has 1 rings (SSSR count). The zero-order valence-corrected chi connectivity index (χ0v) is 8.70. The monoisotopic (exact) mass is 179 g/mol. The number of nitrogens with zero attached hydrogens (tertiary/aromatic N) is 2. The van der Waals surface area contributed by atoms with Gasteiger partial charge >= 0.3 is 0 Å². The Morgan fingerprint density at radius 1 is 1.38 bits per heavy atom. The van der Waals surface area contributed by atoms with E-state index in [1.54, 1.807) is 6.20 Å². The minimum absolute atomic E-state index is 0.105. The normalized spacial score (nSPS) is 11.4. The standard InChI is InChI=1S/C10H17N3/c1-10(2,3)13(4)8-5-6-12-9(11)7-8/h5-7H,1-4H3,(H2,11,12). The lowest BCUT2D eigenvalue weighted by molar-refractivity contribution is 0.538. The maximum absolute atomic E-state index is 5.60. The Morgan fingerprint density at radius 3 is 2.46 bits per heavy atom. The number of pyridine rings is 1. The van der Waals surface area contributed by atoms with Crippen LogP contribution in [0.1, 0.15) is 20.8 Å². The molecule has 72 valence electrons. The van der Waals surface area contributed by atoms with E-state index in [-0.39, 0.29) is 5.54 Å². The van der Waals surface area contributed by atoms with Crippen LogP contribution >= 0.6 is 0 Å². The van der Waals surface area contributed by atoms with Gasteiger partial charge in [-0.2, -0.15) is 0 Å². The van der Waals surface area contributed by atoms with Gasteiger partial charge in [-0.1, -0.05) is 0 Å². The van der Waals surface area contributed by atoms with Gasteiger partial charge in [0.15, 0.2) is 0 Å². The molecule has 0 aromatic carbocycles. The zero-order chi connectivity index (χ0) is 10.1. The second-order valence-corrected chi connectivity index (χ2v) is 4.17. The molecule has 3 nitrogen and oxygen atoms in total. The Kier molecular flexibility index (Phi) is 2.45. The predicted molar refractivity (Wildman–Crippen MR) is 56.8 cm³/mol. The van der Waals surface area contributed by atoms with Gasteiger partial charge in [0.2, 0.25) is 0 Å². The molecule has 0 aliphatic carbocycles. The van der Waals surface area contributed by atoms with Crippen LogP contribution in [0, 0.1) is 0 Å². The fourth-order valence-electron chi connectivity index (χ4n) is 1.03. The van der Waals surface area contributed by atoms with Crippen molar-refractivity contribution in [2.45, 2.75) is 26.3 Å². The van der Waals surface area contributed by atoms with Gasteiger partial charge < -0.3 is 10.6 Å². The summed E-state index contributed by atoms with van der Waals surface area (Å²) >= 11 is 0. The van der Waals surface area contributed by atoms with Gasteiger partial charge in [-0.15, -0.1) is 0 Å². The Morgan fingerprint density at radius 2 is 2.00 bits per heavy atom. The summed E-state index contributed by atoms with van der Waals surface area (Å²) in [7, 11) is 2.05. The van der Waals surface area contributed by atoms with Gasteiger partial charge in [-0.3, -0.25) is 0 Å². The highest BCUT2D eigenvalue weighted by molar-refractivity contribution is 5.52. The highest BCUT2D eigenvalue weighted by atomic mass is 15.2. The van der Waals surface area contributed by atoms with Gasteiger partial charge in [0.1, 0.15) is 5.82 Å². The number of hydrogen-bond donors (Lipinski definition) is 1. The molecular weight excluding hydrogens is 162 g/mol. The molecule has 13 heavy (non-hydrogen) atoms. The largest absolute Gasteiger partial charge is 0.384 e. The Hall–Kier alpha value is -1.25. The molecule has 0 bridgehead atoms. The lowest BCUT2D eigenvalue weighted by Gasteiger charge is -2.34. The Labute approximate surface area is 79.6 Å². The number of nitrogen functional groups attached to an aromatic ring is 1. The van der Waals surface area contributed by atoms with E-state index in [0.717, 1.165) is 5.69 Å². The second kappa shape index (κ2) is 3.24. The summed E-state index contributed by atoms with van der Waals surface area (Å²) in [5, 5.41) is 0. The van der Waals surface area contributed by atoms with Crippen molar-refractivity contribution in [3.05, 3.63) is 18.3 Å². The van der Waals surface area contributed by atoms with Crippen molar-refractivity contribution >= 4 is 11.5 Å². The van der Waals surface area contributed by atoms with Crippen molar-refractivity contribution in [1.82, 2.24) is 4.98 Å². The third-order valence-electron chi connectivity index (χ3n) is 2.16. The van der Waals surface area contributed by atoms with Crippen molar-refractivity contribution in [1.29, 1.82) is 0 Å². The van der Waals surface area contributed by atoms with Gasteiger partial charge in [0, 0.05) is 30.5 Å². The van der Waals surface area contributed by atoms with Crippen LogP contribution in [0.25, 0.3) is 0 Å². The summed E-state index contributed by atoms with van der Waals surface area (Å²) in [6.07, 6.45) is 1.73. The third-order valence-corrected chi connectivity index (χ3v) is 2.16.